The lowest BCUT2D eigenvalue weighted by Gasteiger charge is -2.05. The van der Waals surface area contributed by atoms with E-state index in [4.69, 9.17) is 5.10 Å². The molecule has 2 heterocycles. The van der Waals surface area contributed by atoms with E-state index in [1.165, 1.54) is 0 Å². The van der Waals surface area contributed by atoms with Gasteiger partial charge in [-0.25, -0.2) is 4.68 Å². The minimum Gasteiger partial charge on any atom is -0.508 e. The van der Waals surface area contributed by atoms with Gasteiger partial charge in [0.1, 0.15) is 5.75 Å². The van der Waals surface area contributed by atoms with E-state index in [-0.39, 0.29) is 5.75 Å². The van der Waals surface area contributed by atoms with Crippen molar-refractivity contribution in [3.8, 4) is 16.3 Å². The van der Waals surface area contributed by atoms with Crippen LogP contribution in [0.2, 0.25) is 0 Å². The predicted molar refractivity (Wildman–Crippen MR) is 92.8 cm³/mol. The number of thiophene rings is 1. The highest BCUT2D eigenvalue weighted by Crippen LogP contribution is 2.25. The van der Waals surface area contributed by atoms with E-state index >= 15 is 0 Å². The maximum Gasteiger partial charge on any atom is 0.205 e. The lowest BCUT2D eigenvalue weighted by Crippen LogP contribution is -2.13. The molecule has 112 valence electrons. The molecule has 0 aliphatic carbocycles. The van der Waals surface area contributed by atoms with Crippen LogP contribution in [0.3, 0.4) is 0 Å². The molecule has 0 bridgehead atoms. The number of aromatic hydroxyl groups is 1. The summed E-state index contributed by atoms with van der Waals surface area (Å²) in [6, 6.07) is 11.1. The van der Waals surface area contributed by atoms with Gasteiger partial charge in [0.15, 0.2) is 0 Å². The molecule has 0 unspecified atom stereocenters. The molecule has 0 saturated carbocycles. The van der Waals surface area contributed by atoms with E-state index in [2.05, 4.69) is 21.8 Å². The number of rotatable bonds is 3. The number of thiazole rings is 1. The molecule has 0 aliphatic heterocycles. The number of phenols is 1. The van der Waals surface area contributed by atoms with Crippen LogP contribution in [-0.4, -0.2) is 22.5 Å². The summed E-state index contributed by atoms with van der Waals surface area (Å²) in [5, 5.41) is 18.2. The van der Waals surface area contributed by atoms with E-state index in [1.807, 2.05) is 29.8 Å². The fraction of sp³-hybridized carbons (Fsp3) is 0.125. The van der Waals surface area contributed by atoms with Crippen LogP contribution < -0.4 is 4.80 Å². The minimum atomic E-state index is 0.253. The molecule has 6 heteroatoms. The van der Waals surface area contributed by atoms with Crippen LogP contribution >= 0.6 is 22.7 Å². The SMILES string of the molecule is CN=c1scc(-c2cccs2)n1N=C(C)c1ccc(O)cc1. The average Bonchev–Trinajstić information content (AvgIpc) is 3.16. The molecule has 4 nitrogen and oxygen atoms in total. The van der Waals surface area contributed by atoms with Crippen molar-refractivity contribution in [3.63, 3.8) is 0 Å². The molecule has 0 fully saturated rings. The van der Waals surface area contributed by atoms with Crippen molar-refractivity contribution in [2.24, 2.45) is 10.1 Å². The number of phenolic OH excluding ortho intramolecular Hbond substituents is 1. The maximum absolute atomic E-state index is 9.39. The van der Waals surface area contributed by atoms with Crippen molar-refractivity contribution in [1.82, 2.24) is 4.68 Å². The molecule has 3 aromatic rings. The predicted octanol–water partition coefficient (Wildman–Crippen LogP) is 3.79. The molecule has 0 spiro atoms. The summed E-state index contributed by atoms with van der Waals surface area (Å²) >= 11 is 3.25. The van der Waals surface area contributed by atoms with Gasteiger partial charge in [-0.1, -0.05) is 6.07 Å². The van der Waals surface area contributed by atoms with Crippen molar-refractivity contribution in [2.45, 2.75) is 6.92 Å². The Balaban J connectivity index is 2.10. The van der Waals surface area contributed by atoms with Crippen LogP contribution in [0.15, 0.2) is 57.3 Å². The highest BCUT2D eigenvalue weighted by molar-refractivity contribution is 7.14. The van der Waals surface area contributed by atoms with Gasteiger partial charge < -0.3 is 5.11 Å². The van der Waals surface area contributed by atoms with Crippen molar-refractivity contribution in [2.75, 3.05) is 7.05 Å². The van der Waals surface area contributed by atoms with E-state index in [1.54, 1.807) is 41.9 Å². The average molecular weight is 329 g/mol. The van der Waals surface area contributed by atoms with Gasteiger partial charge in [0.05, 0.1) is 16.3 Å². The maximum atomic E-state index is 9.39. The topological polar surface area (TPSA) is 49.9 Å². The standard InChI is InChI=1S/C16H15N3OS2/c1-11(12-5-7-13(20)8-6-12)18-19-14(10-22-16(19)17-2)15-4-3-9-21-15/h3-10,20H,1-2H3. The van der Waals surface area contributed by atoms with Crippen LogP contribution in [0.25, 0.3) is 10.6 Å². The summed E-state index contributed by atoms with van der Waals surface area (Å²) < 4.78 is 1.87. The number of hydrogen-bond acceptors (Lipinski definition) is 5. The summed E-state index contributed by atoms with van der Waals surface area (Å²) in [4.78, 5) is 6.31. The van der Waals surface area contributed by atoms with Crippen molar-refractivity contribution in [3.05, 3.63) is 57.5 Å². The van der Waals surface area contributed by atoms with Crippen molar-refractivity contribution >= 4 is 28.4 Å². The second-order valence-electron chi connectivity index (χ2n) is 4.65. The first-order valence-electron chi connectivity index (χ1n) is 6.71. The van der Waals surface area contributed by atoms with Gasteiger partial charge in [-0.15, -0.1) is 22.7 Å². The second-order valence-corrected chi connectivity index (χ2v) is 6.43. The molecular formula is C16H15N3OS2. The Morgan fingerprint density at radius 3 is 2.55 bits per heavy atom. The molecule has 1 N–H and O–H groups in total. The first-order valence-corrected chi connectivity index (χ1v) is 8.47. The van der Waals surface area contributed by atoms with Crippen LogP contribution in [0.5, 0.6) is 5.75 Å². The van der Waals surface area contributed by atoms with Crippen LogP contribution in [0.1, 0.15) is 12.5 Å². The molecule has 0 saturated heterocycles. The molecule has 2 aromatic heterocycles. The molecular weight excluding hydrogens is 314 g/mol. The van der Waals surface area contributed by atoms with Crippen LogP contribution in [0, 0.1) is 0 Å². The molecule has 22 heavy (non-hydrogen) atoms. The fourth-order valence-electron chi connectivity index (χ4n) is 2.05. The van der Waals surface area contributed by atoms with Gasteiger partial charge in [-0.3, -0.25) is 4.99 Å². The minimum absolute atomic E-state index is 0.253. The van der Waals surface area contributed by atoms with Gasteiger partial charge in [0, 0.05) is 12.4 Å². The zero-order chi connectivity index (χ0) is 15.5. The molecule has 0 amide bonds. The monoisotopic (exact) mass is 329 g/mol. The first-order chi connectivity index (χ1) is 10.7. The highest BCUT2D eigenvalue weighted by Gasteiger charge is 2.09. The number of aromatic nitrogens is 1. The van der Waals surface area contributed by atoms with Gasteiger partial charge in [-0.2, -0.15) is 5.10 Å². The third kappa shape index (κ3) is 2.88. The molecule has 0 atom stereocenters. The first kappa shape index (κ1) is 14.7. The third-order valence-electron chi connectivity index (χ3n) is 3.19. The molecule has 0 aliphatic rings. The largest absolute Gasteiger partial charge is 0.508 e. The molecule has 3 rings (SSSR count). The normalized spacial score (nSPS) is 12.8. The van der Waals surface area contributed by atoms with Crippen molar-refractivity contribution < 1.29 is 5.11 Å². The van der Waals surface area contributed by atoms with E-state index in [0.29, 0.717) is 0 Å². The van der Waals surface area contributed by atoms with Crippen LogP contribution in [0.4, 0.5) is 0 Å². The number of benzene rings is 1. The fourth-order valence-corrected chi connectivity index (χ4v) is 3.64. The molecule has 1 aromatic carbocycles. The van der Waals surface area contributed by atoms with E-state index in [0.717, 1.165) is 26.6 Å². The zero-order valence-electron chi connectivity index (χ0n) is 12.2. The van der Waals surface area contributed by atoms with E-state index in [9.17, 15) is 5.11 Å². The highest BCUT2D eigenvalue weighted by atomic mass is 32.1. The Kier molecular flexibility index (Phi) is 4.22. The Labute approximate surface area is 136 Å². The summed E-state index contributed by atoms with van der Waals surface area (Å²) in [5.74, 6) is 0.253. The molecule has 0 radical (unpaired) electrons. The zero-order valence-corrected chi connectivity index (χ0v) is 13.9. The number of hydrogen-bond donors (Lipinski definition) is 1. The Hall–Kier alpha value is -2.18. The second kappa shape index (κ2) is 6.29. The lowest BCUT2D eigenvalue weighted by atomic mass is 10.1. The quantitative estimate of drug-likeness (QED) is 0.730. The summed E-state index contributed by atoms with van der Waals surface area (Å²) in [7, 11) is 1.77. The Bertz CT molecular complexity index is 856. The Morgan fingerprint density at radius 2 is 1.91 bits per heavy atom. The van der Waals surface area contributed by atoms with Gasteiger partial charge in [0.25, 0.3) is 0 Å². The summed E-state index contributed by atoms with van der Waals surface area (Å²) in [6.07, 6.45) is 0. The van der Waals surface area contributed by atoms with E-state index < -0.39 is 0 Å². The summed E-state index contributed by atoms with van der Waals surface area (Å²) in [6.45, 7) is 1.95. The van der Waals surface area contributed by atoms with Gasteiger partial charge >= 0.3 is 0 Å². The Morgan fingerprint density at radius 1 is 1.14 bits per heavy atom. The summed E-state index contributed by atoms with van der Waals surface area (Å²) in [5.41, 5.74) is 2.88. The van der Waals surface area contributed by atoms with Crippen LogP contribution in [-0.2, 0) is 0 Å². The lowest BCUT2D eigenvalue weighted by molar-refractivity contribution is 0.475. The third-order valence-corrected chi connectivity index (χ3v) is 4.99. The van der Waals surface area contributed by atoms with Crippen molar-refractivity contribution in [1.29, 1.82) is 0 Å². The van der Waals surface area contributed by atoms with Gasteiger partial charge in [0.2, 0.25) is 4.80 Å². The number of nitrogens with zero attached hydrogens (tertiary/aromatic N) is 3. The van der Waals surface area contributed by atoms with Gasteiger partial charge in [-0.05, 0) is 48.2 Å². The smallest absolute Gasteiger partial charge is 0.205 e.